The third-order valence-electron chi connectivity index (χ3n) is 2.71. The maximum atomic E-state index is 11.9. The minimum Gasteiger partial charge on any atom is -0.463 e. The molecule has 1 aromatic carbocycles. The van der Waals surface area contributed by atoms with Crippen molar-refractivity contribution in [2.45, 2.75) is 45.4 Å². The molecule has 1 nitrogen and oxygen atoms in total. The lowest BCUT2D eigenvalue weighted by Crippen LogP contribution is -1.91. The van der Waals surface area contributed by atoms with Crippen molar-refractivity contribution in [3.8, 4) is 5.75 Å². The number of alkyl halides is 1. The largest absolute Gasteiger partial charge is 0.463 e. The van der Waals surface area contributed by atoms with E-state index in [0.717, 1.165) is 6.42 Å². The summed E-state index contributed by atoms with van der Waals surface area (Å²) in [5.41, 5.74) is 1.31. The van der Waals surface area contributed by atoms with E-state index in [4.69, 9.17) is 4.74 Å². The summed E-state index contributed by atoms with van der Waals surface area (Å²) in [5, 5.41) is 0. The molecule has 0 atom stereocenters. The molecule has 0 spiro atoms. The van der Waals surface area contributed by atoms with Crippen molar-refractivity contribution in [1.82, 2.24) is 0 Å². The predicted octanol–water partition coefficient (Wildman–Crippen LogP) is 4.51. The Bertz CT molecular complexity index is 269. The van der Waals surface area contributed by atoms with Crippen molar-refractivity contribution < 1.29 is 9.13 Å². The molecule has 0 radical (unpaired) electrons. The Morgan fingerprint density at radius 3 is 2.31 bits per heavy atom. The average molecular weight is 224 g/mol. The Hall–Kier alpha value is -1.05. The molecule has 0 amide bonds. The molecule has 0 aliphatic carbocycles. The second kappa shape index (κ2) is 8.14. The summed E-state index contributed by atoms with van der Waals surface area (Å²) in [5.74, 6) is 0.609. The topological polar surface area (TPSA) is 9.23 Å². The molecule has 0 heterocycles. The van der Waals surface area contributed by atoms with E-state index in [9.17, 15) is 4.39 Å². The quantitative estimate of drug-likeness (QED) is 0.590. The summed E-state index contributed by atoms with van der Waals surface area (Å²) in [6, 6.07) is 7.71. The van der Waals surface area contributed by atoms with Gasteiger partial charge in [-0.25, -0.2) is 4.39 Å². The zero-order valence-corrected chi connectivity index (χ0v) is 10.0. The molecule has 16 heavy (non-hydrogen) atoms. The van der Waals surface area contributed by atoms with Gasteiger partial charge in [0, 0.05) is 0 Å². The molecule has 2 heteroatoms. The first kappa shape index (κ1) is 13.0. The van der Waals surface area contributed by atoms with Gasteiger partial charge in [-0.2, -0.15) is 0 Å². The number of rotatable bonds is 8. The molecule has 1 rings (SSSR count). The highest BCUT2D eigenvalue weighted by Crippen LogP contribution is 2.14. The minimum atomic E-state index is -0.754. The first-order chi connectivity index (χ1) is 7.86. The van der Waals surface area contributed by atoms with Crippen LogP contribution in [0.5, 0.6) is 5.75 Å². The van der Waals surface area contributed by atoms with Gasteiger partial charge >= 0.3 is 0 Å². The summed E-state index contributed by atoms with van der Waals surface area (Å²) >= 11 is 0. The molecule has 0 unspecified atom stereocenters. The maximum absolute atomic E-state index is 11.9. The van der Waals surface area contributed by atoms with Crippen LogP contribution in [0, 0.1) is 0 Å². The van der Waals surface area contributed by atoms with E-state index in [1.165, 1.54) is 37.7 Å². The van der Waals surface area contributed by atoms with E-state index < -0.39 is 6.86 Å². The van der Waals surface area contributed by atoms with E-state index in [-0.39, 0.29) is 0 Å². The molecule has 0 saturated heterocycles. The molecule has 0 N–H and O–H groups in total. The van der Waals surface area contributed by atoms with Gasteiger partial charge in [-0.05, 0) is 30.5 Å². The van der Waals surface area contributed by atoms with Crippen LogP contribution < -0.4 is 4.74 Å². The van der Waals surface area contributed by atoms with Crippen LogP contribution in [0.15, 0.2) is 24.3 Å². The van der Waals surface area contributed by atoms with Crippen LogP contribution in [0.2, 0.25) is 0 Å². The Morgan fingerprint density at radius 1 is 1.00 bits per heavy atom. The van der Waals surface area contributed by atoms with Crippen molar-refractivity contribution in [1.29, 1.82) is 0 Å². The van der Waals surface area contributed by atoms with Gasteiger partial charge in [0.1, 0.15) is 5.75 Å². The van der Waals surface area contributed by atoms with Crippen LogP contribution in [-0.2, 0) is 6.42 Å². The van der Waals surface area contributed by atoms with Crippen LogP contribution in [0.4, 0.5) is 4.39 Å². The number of aryl methyl sites for hydroxylation is 1. The SMILES string of the molecule is CCCCCCCc1ccc(OCF)cc1. The Balaban J connectivity index is 2.21. The second-order valence-electron chi connectivity index (χ2n) is 4.06. The number of hydrogen-bond acceptors (Lipinski definition) is 1. The Morgan fingerprint density at radius 2 is 1.69 bits per heavy atom. The van der Waals surface area contributed by atoms with Gasteiger partial charge in [-0.1, -0.05) is 44.7 Å². The number of hydrogen-bond donors (Lipinski definition) is 0. The highest BCUT2D eigenvalue weighted by Gasteiger charge is 1.96. The van der Waals surface area contributed by atoms with Crippen LogP contribution in [0.1, 0.15) is 44.6 Å². The third kappa shape index (κ3) is 5.15. The number of benzene rings is 1. The maximum Gasteiger partial charge on any atom is 0.228 e. The van der Waals surface area contributed by atoms with Crippen molar-refractivity contribution in [2.24, 2.45) is 0 Å². The van der Waals surface area contributed by atoms with Crippen LogP contribution in [0.3, 0.4) is 0 Å². The fraction of sp³-hybridized carbons (Fsp3) is 0.571. The monoisotopic (exact) mass is 224 g/mol. The lowest BCUT2D eigenvalue weighted by atomic mass is 10.1. The van der Waals surface area contributed by atoms with E-state index >= 15 is 0 Å². The first-order valence-corrected chi connectivity index (χ1v) is 6.14. The predicted molar refractivity (Wildman–Crippen MR) is 65.5 cm³/mol. The van der Waals surface area contributed by atoms with Crippen molar-refractivity contribution in [3.05, 3.63) is 29.8 Å². The zero-order valence-electron chi connectivity index (χ0n) is 10.0. The normalized spacial score (nSPS) is 10.4. The van der Waals surface area contributed by atoms with Gasteiger partial charge in [-0.15, -0.1) is 0 Å². The lowest BCUT2D eigenvalue weighted by molar-refractivity contribution is 0.191. The van der Waals surface area contributed by atoms with Crippen LogP contribution >= 0.6 is 0 Å². The molecular formula is C14H21FO. The fourth-order valence-corrected chi connectivity index (χ4v) is 1.75. The molecule has 0 aromatic heterocycles. The molecule has 1 aromatic rings. The molecule has 0 saturated carbocycles. The Labute approximate surface area is 97.6 Å². The van der Waals surface area contributed by atoms with Crippen LogP contribution in [0.25, 0.3) is 0 Å². The van der Waals surface area contributed by atoms with E-state index in [2.05, 4.69) is 6.92 Å². The molecule has 0 bridgehead atoms. The lowest BCUT2D eigenvalue weighted by Gasteiger charge is -2.04. The number of halogens is 1. The van der Waals surface area contributed by atoms with Gasteiger partial charge in [0.25, 0.3) is 0 Å². The molecular weight excluding hydrogens is 203 g/mol. The summed E-state index contributed by atoms with van der Waals surface area (Å²) in [6.07, 6.45) is 7.61. The molecule has 0 aliphatic heterocycles. The van der Waals surface area contributed by atoms with Crippen LogP contribution in [-0.4, -0.2) is 6.86 Å². The average Bonchev–Trinajstić information content (AvgIpc) is 2.31. The molecule has 90 valence electrons. The highest BCUT2D eigenvalue weighted by atomic mass is 19.1. The fourth-order valence-electron chi connectivity index (χ4n) is 1.75. The third-order valence-corrected chi connectivity index (χ3v) is 2.71. The van der Waals surface area contributed by atoms with Gasteiger partial charge < -0.3 is 4.74 Å². The second-order valence-corrected chi connectivity index (χ2v) is 4.06. The van der Waals surface area contributed by atoms with Crippen molar-refractivity contribution >= 4 is 0 Å². The van der Waals surface area contributed by atoms with Gasteiger partial charge in [0.2, 0.25) is 6.86 Å². The first-order valence-electron chi connectivity index (χ1n) is 6.14. The van der Waals surface area contributed by atoms with Gasteiger partial charge in [-0.3, -0.25) is 0 Å². The molecule has 0 aliphatic rings. The Kier molecular flexibility index (Phi) is 6.62. The molecule has 0 fully saturated rings. The van der Waals surface area contributed by atoms with Gasteiger partial charge in [0.15, 0.2) is 0 Å². The van der Waals surface area contributed by atoms with Crippen molar-refractivity contribution in [3.63, 3.8) is 0 Å². The number of ether oxygens (including phenoxy) is 1. The zero-order chi connectivity index (χ0) is 11.6. The minimum absolute atomic E-state index is 0.609. The smallest absolute Gasteiger partial charge is 0.228 e. The highest BCUT2D eigenvalue weighted by molar-refractivity contribution is 5.27. The van der Waals surface area contributed by atoms with Gasteiger partial charge in [0.05, 0.1) is 0 Å². The summed E-state index contributed by atoms with van der Waals surface area (Å²) in [7, 11) is 0. The standard InChI is InChI=1S/C14H21FO/c1-2-3-4-5-6-7-13-8-10-14(11-9-13)16-12-15/h8-11H,2-7,12H2,1H3. The summed E-state index contributed by atoms with van der Waals surface area (Å²) < 4.78 is 16.6. The van der Waals surface area contributed by atoms with Crippen molar-refractivity contribution in [2.75, 3.05) is 6.86 Å². The van der Waals surface area contributed by atoms with E-state index in [0.29, 0.717) is 5.75 Å². The summed E-state index contributed by atoms with van der Waals surface area (Å²) in [4.78, 5) is 0. The summed E-state index contributed by atoms with van der Waals surface area (Å²) in [6.45, 7) is 1.47. The number of unbranched alkanes of at least 4 members (excludes halogenated alkanes) is 4. The van der Waals surface area contributed by atoms with E-state index in [1.807, 2.05) is 24.3 Å². The van der Waals surface area contributed by atoms with E-state index in [1.54, 1.807) is 0 Å².